The minimum atomic E-state index is -0.814. The van der Waals surface area contributed by atoms with E-state index in [-0.39, 0.29) is 0 Å². The quantitative estimate of drug-likeness (QED) is 0.0804. The van der Waals surface area contributed by atoms with E-state index in [1.54, 1.807) is 0 Å². The lowest BCUT2D eigenvalue weighted by Crippen LogP contribution is -2.28. The third-order valence-electron chi connectivity index (χ3n) is 28.9. The molecule has 0 spiro atoms. The molecule has 2 aliphatic rings. The van der Waals surface area contributed by atoms with Gasteiger partial charge < -0.3 is 14.2 Å². The van der Waals surface area contributed by atoms with Crippen molar-refractivity contribution in [2.45, 2.75) is 10.8 Å². The highest BCUT2D eigenvalue weighted by Crippen LogP contribution is 2.62. The fourth-order valence-corrected chi connectivity index (χ4v) is 24.1. The van der Waals surface area contributed by atoms with Crippen molar-refractivity contribution in [3.63, 3.8) is 0 Å². The number of rotatable bonds is 19. The number of anilines is 6. The van der Waals surface area contributed by atoms with Crippen LogP contribution in [0.4, 0.5) is 34.1 Å². The molecular formula is C134H88N2OS. The van der Waals surface area contributed by atoms with Gasteiger partial charge in [0, 0.05) is 70.3 Å². The van der Waals surface area contributed by atoms with Crippen molar-refractivity contribution in [1.29, 1.82) is 0 Å². The van der Waals surface area contributed by atoms with Crippen molar-refractivity contribution in [3.8, 4) is 122 Å². The molecule has 26 rings (SSSR count). The Kier molecular flexibility index (Phi) is 19.9. The number of benzene rings is 22. The van der Waals surface area contributed by atoms with Crippen LogP contribution in [0, 0.1) is 0 Å². The molecule has 0 saturated carbocycles. The molecule has 0 N–H and O–H groups in total. The van der Waals surface area contributed by atoms with Gasteiger partial charge in [-0.3, -0.25) is 0 Å². The number of para-hydroxylation sites is 1. The number of hydrogen-bond acceptors (Lipinski definition) is 4. The molecule has 24 aromatic rings. The van der Waals surface area contributed by atoms with E-state index < -0.39 is 10.8 Å². The minimum Gasteiger partial charge on any atom is -0.456 e. The van der Waals surface area contributed by atoms with Crippen molar-refractivity contribution in [1.82, 2.24) is 0 Å². The molecule has 0 fully saturated rings. The van der Waals surface area contributed by atoms with Crippen molar-refractivity contribution in [3.05, 3.63) is 578 Å². The van der Waals surface area contributed by atoms with Gasteiger partial charge in [-0.2, -0.15) is 0 Å². The first-order chi connectivity index (χ1) is 68.5. The third-order valence-corrected chi connectivity index (χ3v) is 30.1. The minimum absolute atomic E-state index is 0.629. The monoisotopic (exact) mass is 1770 g/mol. The number of nitrogens with zero attached hydrogens (tertiary/aromatic N) is 2. The molecule has 2 aliphatic carbocycles. The van der Waals surface area contributed by atoms with Crippen LogP contribution in [0.15, 0.2) is 538 Å². The van der Waals surface area contributed by atoms with Gasteiger partial charge in [-0.15, -0.1) is 11.3 Å². The van der Waals surface area contributed by atoms with Gasteiger partial charge in [-0.05, 0) is 236 Å². The van der Waals surface area contributed by atoms with E-state index in [0.29, 0.717) is 0 Å². The third kappa shape index (κ3) is 13.3. The van der Waals surface area contributed by atoms with Gasteiger partial charge in [0.25, 0.3) is 0 Å². The predicted molar refractivity (Wildman–Crippen MR) is 580 cm³/mol. The highest BCUT2D eigenvalue weighted by atomic mass is 32.1. The molecule has 138 heavy (non-hydrogen) atoms. The van der Waals surface area contributed by atoms with Crippen LogP contribution in [-0.4, -0.2) is 0 Å². The molecule has 3 nitrogen and oxygen atoms in total. The van der Waals surface area contributed by atoms with Crippen LogP contribution in [-0.2, 0) is 10.8 Å². The maximum atomic E-state index is 6.54. The fraction of sp³-hybridized carbons (Fsp3) is 0.0149. The molecule has 2 aromatic heterocycles. The van der Waals surface area contributed by atoms with Gasteiger partial charge >= 0.3 is 0 Å². The van der Waals surface area contributed by atoms with Crippen LogP contribution in [0.2, 0.25) is 0 Å². The largest absolute Gasteiger partial charge is 0.456 e. The molecule has 0 bridgehead atoms. The van der Waals surface area contributed by atoms with Gasteiger partial charge in [-0.25, -0.2) is 0 Å². The zero-order valence-corrected chi connectivity index (χ0v) is 76.3. The maximum Gasteiger partial charge on any atom is 0.136 e. The summed E-state index contributed by atoms with van der Waals surface area (Å²) >= 11 is 1.88. The lowest BCUT2D eigenvalue weighted by Gasteiger charge is -2.35. The Balaban J connectivity index is 0.694. The van der Waals surface area contributed by atoms with Gasteiger partial charge in [0.15, 0.2) is 0 Å². The summed E-state index contributed by atoms with van der Waals surface area (Å²) in [6, 6.07) is 199. The number of hydrogen-bond donors (Lipinski definition) is 0. The van der Waals surface area contributed by atoms with Crippen LogP contribution >= 0.6 is 11.3 Å². The molecule has 1 atom stereocenters. The van der Waals surface area contributed by atoms with Gasteiger partial charge in [0.2, 0.25) is 0 Å². The molecule has 0 amide bonds. The molecule has 2 heterocycles. The Hall–Kier alpha value is -17.5. The molecular weight excluding hydrogens is 1690 g/mol. The van der Waals surface area contributed by atoms with Gasteiger partial charge in [0.1, 0.15) is 11.2 Å². The van der Waals surface area contributed by atoms with Crippen LogP contribution in [0.25, 0.3) is 165 Å². The van der Waals surface area contributed by atoms with Gasteiger partial charge in [-0.1, -0.05) is 443 Å². The Morgan fingerprint density at radius 1 is 0.174 bits per heavy atom. The van der Waals surface area contributed by atoms with E-state index in [1.165, 1.54) is 75.8 Å². The summed E-state index contributed by atoms with van der Waals surface area (Å²) < 4.78 is 9.01. The summed E-state index contributed by atoms with van der Waals surface area (Å²) in [6.07, 6.45) is 0. The lowest BCUT2D eigenvalue weighted by molar-refractivity contribution is 0.669. The summed E-state index contributed by atoms with van der Waals surface area (Å²) in [7, 11) is 0. The first kappa shape index (κ1) is 81.2. The van der Waals surface area contributed by atoms with E-state index in [4.69, 9.17) is 4.42 Å². The molecule has 0 saturated heterocycles. The Morgan fingerprint density at radius 2 is 0.536 bits per heavy atom. The topological polar surface area (TPSA) is 19.6 Å². The summed E-state index contributed by atoms with van der Waals surface area (Å²) in [5.74, 6) is 0. The highest BCUT2D eigenvalue weighted by Gasteiger charge is 2.49. The predicted octanol–water partition coefficient (Wildman–Crippen LogP) is 36.6. The van der Waals surface area contributed by atoms with Crippen LogP contribution in [0.5, 0.6) is 0 Å². The van der Waals surface area contributed by atoms with Gasteiger partial charge in [0.05, 0.1) is 27.9 Å². The van der Waals surface area contributed by atoms with E-state index >= 15 is 0 Å². The molecule has 4 heteroatoms. The summed E-state index contributed by atoms with van der Waals surface area (Å²) in [5.41, 5.74) is 41.1. The van der Waals surface area contributed by atoms with Crippen molar-refractivity contribution in [2.24, 2.45) is 0 Å². The SMILES string of the molecule is c1ccc(-c2ccccc2-c2c(-c3ccccc3)cccc2N(c2ccc(-c3ccc4c(c3)oc3ccccc34)cc2)c2ccc3c(c2)-c2ccccc2C3(c2ccccc2)c2cccc(-c3ccc(N(c4ccc5c(c4)-c4ccccc4C5(c4ccccc4)c4ccccc4)c4cccc(-c5ccccc5)c4-c4ccccc4-c4ccccc4)c(-c4cccc5c4sc4ccccc45)c3)c2)cc1. The summed E-state index contributed by atoms with van der Waals surface area (Å²) in [6.45, 7) is 0. The average molecular weight is 1770 g/mol. The average Bonchev–Trinajstić information content (AvgIpc) is 1.53. The molecule has 646 valence electrons. The van der Waals surface area contributed by atoms with Crippen LogP contribution in [0.1, 0.15) is 44.5 Å². The summed E-state index contributed by atoms with van der Waals surface area (Å²) in [5, 5.41) is 4.69. The lowest BCUT2D eigenvalue weighted by atomic mass is 9.67. The van der Waals surface area contributed by atoms with E-state index in [2.05, 4.69) is 538 Å². The normalized spacial score (nSPS) is 13.3. The molecule has 0 aliphatic heterocycles. The van der Waals surface area contributed by atoms with Crippen molar-refractivity contribution < 1.29 is 4.42 Å². The first-order valence-corrected chi connectivity index (χ1v) is 48.4. The van der Waals surface area contributed by atoms with Crippen LogP contribution < -0.4 is 9.80 Å². The zero-order valence-electron chi connectivity index (χ0n) is 75.5. The second-order valence-corrected chi connectivity index (χ2v) is 37.3. The number of fused-ring (bicyclic) bond motifs is 12. The zero-order chi connectivity index (χ0) is 91.2. The van der Waals surface area contributed by atoms with E-state index in [9.17, 15) is 0 Å². The summed E-state index contributed by atoms with van der Waals surface area (Å²) in [4.78, 5) is 5.13. The first-order valence-electron chi connectivity index (χ1n) is 47.6. The smallest absolute Gasteiger partial charge is 0.136 e. The van der Waals surface area contributed by atoms with Crippen molar-refractivity contribution >= 4 is 87.6 Å². The fourth-order valence-electron chi connectivity index (χ4n) is 22.9. The second kappa shape index (κ2) is 33.9. The van der Waals surface area contributed by atoms with E-state index in [1.807, 2.05) is 17.4 Å². The maximum absolute atomic E-state index is 6.54. The Labute approximate surface area is 807 Å². The van der Waals surface area contributed by atoms with Crippen LogP contribution in [0.3, 0.4) is 0 Å². The number of thiophene rings is 1. The highest BCUT2D eigenvalue weighted by molar-refractivity contribution is 7.26. The second-order valence-electron chi connectivity index (χ2n) is 36.2. The molecule has 22 aromatic carbocycles. The van der Waals surface area contributed by atoms with E-state index in [0.717, 1.165) is 167 Å². The Morgan fingerprint density at radius 3 is 1.09 bits per heavy atom. The molecule has 1 unspecified atom stereocenters. The standard InChI is InChI=1S/C134H88N2OS/c1-8-38-90(39-9-1)104-54-22-24-60-113(104)130-106(92-42-12-3-13-43-92)62-36-68-125(130)135(101-76-72-89(73-77-101)96-74-80-111-110-58-28-32-70-127(110)137-128(111)86-96)102-78-81-123-117(87-102)109-57-27-31-67-121(109)134(123,99-51-20-7-21-52-99)100-53-34-46-94(84-100)95-75-83-124(119(85-95)116-65-35-64-115-112-59-29-33-71-129(112)138-132(115)116)136(126-69-37-63-107(93-44-14-4-15-45-93)131(126)114-61-25-23-55-105(114)91-40-10-2-11-41-91)103-79-82-122-118(88-103)108-56-26-30-66-120(108)133(122,97-47-16-5-17-48-97)98-49-18-6-19-50-98/h1-88H. The Bertz CT molecular complexity index is 8770. The molecule has 0 radical (unpaired) electrons. The van der Waals surface area contributed by atoms with Crippen molar-refractivity contribution in [2.75, 3.05) is 9.80 Å². The number of furan rings is 1.